The van der Waals surface area contributed by atoms with Gasteiger partial charge in [-0.3, -0.25) is 4.90 Å². The first-order valence-corrected chi connectivity index (χ1v) is 5.93. The summed E-state index contributed by atoms with van der Waals surface area (Å²) in [5.41, 5.74) is 0.382. The van der Waals surface area contributed by atoms with Gasteiger partial charge < -0.3 is 5.32 Å². The van der Waals surface area contributed by atoms with Crippen molar-refractivity contribution in [3.8, 4) is 0 Å². The van der Waals surface area contributed by atoms with Crippen molar-refractivity contribution in [2.75, 3.05) is 20.1 Å². The first kappa shape index (κ1) is 12.0. The standard InChI is InChI=1S/C12H26N2/c1-6-12(3,4)14-8-7-11(13-5)10(2)9-14/h10-11,13H,6-9H2,1-5H3. The zero-order valence-corrected chi connectivity index (χ0v) is 10.4. The summed E-state index contributed by atoms with van der Waals surface area (Å²) >= 11 is 0. The highest BCUT2D eigenvalue weighted by atomic mass is 15.2. The molecule has 0 saturated carbocycles. The van der Waals surface area contributed by atoms with Crippen molar-refractivity contribution in [1.82, 2.24) is 10.2 Å². The topological polar surface area (TPSA) is 15.3 Å². The highest BCUT2D eigenvalue weighted by molar-refractivity contribution is 4.89. The second-order valence-electron chi connectivity index (χ2n) is 5.27. The second kappa shape index (κ2) is 4.63. The van der Waals surface area contributed by atoms with Gasteiger partial charge in [0, 0.05) is 24.7 Å². The molecule has 84 valence electrons. The van der Waals surface area contributed by atoms with Gasteiger partial charge in [0.2, 0.25) is 0 Å². The molecule has 2 nitrogen and oxygen atoms in total. The van der Waals surface area contributed by atoms with E-state index in [-0.39, 0.29) is 0 Å². The maximum atomic E-state index is 3.42. The fraction of sp³-hybridized carbons (Fsp3) is 1.00. The lowest BCUT2D eigenvalue weighted by Gasteiger charge is -2.45. The number of rotatable bonds is 3. The lowest BCUT2D eigenvalue weighted by atomic mass is 9.89. The van der Waals surface area contributed by atoms with Crippen LogP contribution in [0.25, 0.3) is 0 Å². The highest BCUT2D eigenvalue weighted by Gasteiger charge is 2.32. The molecule has 0 radical (unpaired) electrons. The van der Waals surface area contributed by atoms with Gasteiger partial charge in [-0.25, -0.2) is 0 Å². The molecule has 1 N–H and O–H groups in total. The van der Waals surface area contributed by atoms with E-state index in [1.807, 2.05) is 0 Å². The van der Waals surface area contributed by atoms with Crippen molar-refractivity contribution in [3.05, 3.63) is 0 Å². The van der Waals surface area contributed by atoms with Crippen molar-refractivity contribution in [2.24, 2.45) is 5.92 Å². The molecule has 0 amide bonds. The third-order valence-electron chi connectivity index (χ3n) is 4.00. The van der Waals surface area contributed by atoms with E-state index in [4.69, 9.17) is 0 Å². The number of piperidine rings is 1. The Labute approximate surface area is 89.1 Å². The molecule has 14 heavy (non-hydrogen) atoms. The molecule has 1 aliphatic rings. The van der Waals surface area contributed by atoms with Crippen LogP contribution in [0.3, 0.4) is 0 Å². The molecule has 2 unspecified atom stereocenters. The van der Waals surface area contributed by atoms with Crippen LogP contribution in [0, 0.1) is 5.92 Å². The van der Waals surface area contributed by atoms with Crippen molar-refractivity contribution in [2.45, 2.75) is 52.1 Å². The predicted octanol–water partition coefficient (Wildman–Crippen LogP) is 2.10. The molecule has 1 rings (SSSR count). The quantitative estimate of drug-likeness (QED) is 0.747. The van der Waals surface area contributed by atoms with E-state index < -0.39 is 0 Å². The lowest BCUT2D eigenvalue weighted by molar-refractivity contribution is 0.0535. The maximum Gasteiger partial charge on any atom is 0.0150 e. The van der Waals surface area contributed by atoms with E-state index in [2.05, 4.69) is 45.0 Å². The van der Waals surface area contributed by atoms with Gasteiger partial charge in [-0.1, -0.05) is 13.8 Å². The fourth-order valence-corrected chi connectivity index (χ4v) is 2.35. The first-order valence-electron chi connectivity index (χ1n) is 5.93. The molecular formula is C12H26N2. The smallest absolute Gasteiger partial charge is 0.0150 e. The summed E-state index contributed by atoms with van der Waals surface area (Å²) in [6.45, 7) is 11.9. The van der Waals surface area contributed by atoms with Gasteiger partial charge in [0.05, 0.1) is 0 Å². The minimum absolute atomic E-state index is 0.382. The van der Waals surface area contributed by atoms with E-state index in [0.29, 0.717) is 5.54 Å². The fourth-order valence-electron chi connectivity index (χ4n) is 2.35. The molecule has 0 aromatic heterocycles. The Hall–Kier alpha value is -0.0800. The van der Waals surface area contributed by atoms with Gasteiger partial charge in [-0.05, 0) is 39.7 Å². The number of nitrogens with one attached hydrogen (secondary N) is 1. The maximum absolute atomic E-state index is 3.42. The first-order chi connectivity index (χ1) is 6.51. The van der Waals surface area contributed by atoms with Crippen LogP contribution in [-0.4, -0.2) is 36.6 Å². The van der Waals surface area contributed by atoms with Crippen molar-refractivity contribution in [3.63, 3.8) is 0 Å². The van der Waals surface area contributed by atoms with Crippen LogP contribution < -0.4 is 5.32 Å². The number of hydrogen-bond donors (Lipinski definition) is 1. The van der Waals surface area contributed by atoms with Crippen LogP contribution in [-0.2, 0) is 0 Å². The third kappa shape index (κ3) is 2.48. The number of hydrogen-bond acceptors (Lipinski definition) is 2. The average Bonchev–Trinajstić information content (AvgIpc) is 2.17. The van der Waals surface area contributed by atoms with Crippen LogP contribution >= 0.6 is 0 Å². The van der Waals surface area contributed by atoms with Crippen LogP contribution in [0.2, 0.25) is 0 Å². The summed E-state index contributed by atoms with van der Waals surface area (Å²) in [4.78, 5) is 2.64. The second-order valence-corrected chi connectivity index (χ2v) is 5.27. The summed E-state index contributed by atoms with van der Waals surface area (Å²) in [7, 11) is 2.09. The summed E-state index contributed by atoms with van der Waals surface area (Å²) < 4.78 is 0. The molecule has 1 fully saturated rings. The zero-order chi connectivity index (χ0) is 10.8. The Kier molecular flexibility index (Phi) is 3.96. The van der Waals surface area contributed by atoms with Crippen LogP contribution in [0.4, 0.5) is 0 Å². The summed E-state index contributed by atoms with van der Waals surface area (Å²) in [5.74, 6) is 0.777. The van der Waals surface area contributed by atoms with Gasteiger partial charge in [0.25, 0.3) is 0 Å². The average molecular weight is 198 g/mol. The molecule has 1 heterocycles. The van der Waals surface area contributed by atoms with E-state index in [9.17, 15) is 0 Å². The van der Waals surface area contributed by atoms with E-state index in [0.717, 1.165) is 12.0 Å². The van der Waals surface area contributed by atoms with Gasteiger partial charge in [-0.2, -0.15) is 0 Å². The molecule has 0 aromatic carbocycles. The molecule has 1 aliphatic heterocycles. The van der Waals surface area contributed by atoms with Crippen molar-refractivity contribution in [1.29, 1.82) is 0 Å². The van der Waals surface area contributed by atoms with Gasteiger partial charge in [-0.15, -0.1) is 0 Å². The van der Waals surface area contributed by atoms with Crippen LogP contribution in [0.5, 0.6) is 0 Å². The number of likely N-dealkylation sites (tertiary alicyclic amines) is 1. The SMILES string of the molecule is CCC(C)(C)N1CCC(NC)C(C)C1. The largest absolute Gasteiger partial charge is 0.317 e. The summed E-state index contributed by atoms with van der Waals surface area (Å²) in [5, 5.41) is 3.42. The predicted molar refractivity (Wildman–Crippen MR) is 62.6 cm³/mol. The minimum Gasteiger partial charge on any atom is -0.317 e. The minimum atomic E-state index is 0.382. The van der Waals surface area contributed by atoms with Gasteiger partial charge in [0.15, 0.2) is 0 Å². The molecule has 0 aliphatic carbocycles. The molecular weight excluding hydrogens is 172 g/mol. The number of nitrogens with zero attached hydrogens (tertiary/aromatic N) is 1. The van der Waals surface area contributed by atoms with Crippen molar-refractivity contribution < 1.29 is 0 Å². The molecule has 2 atom stereocenters. The third-order valence-corrected chi connectivity index (χ3v) is 4.00. The van der Waals surface area contributed by atoms with E-state index in [1.54, 1.807) is 0 Å². The van der Waals surface area contributed by atoms with Crippen LogP contribution in [0.1, 0.15) is 40.5 Å². The van der Waals surface area contributed by atoms with Crippen molar-refractivity contribution >= 4 is 0 Å². The highest BCUT2D eigenvalue weighted by Crippen LogP contribution is 2.25. The van der Waals surface area contributed by atoms with Gasteiger partial charge in [0.1, 0.15) is 0 Å². The zero-order valence-electron chi connectivity index (χ0n) is 10.4. The molecule has 0 aromatic rings. The normalized spacial score (nSPS) is 30.6. The van der Waals surface area contributed by atoms with E-state index in [1.165, 1.54) is 25.9 Å². The Morgan fingerprint density at radius 1 is 1.43 bits per heavy atom. The van der Waals surface area contributed by atoms with Gasteiger partial charge >= 0.3 is 0 Å². The summed E-state index contributed by atoms with van der Waals surface area (Å²) in [6.07, 6.45) is 2.53. The molecule has 0 spiro atoms. The van der Waals surface area contributed by atoms with Crippen LogP contribution in [0.15, 0.2) is 0 Å². The molecule has 0 bridgehead atoms. The Bertz CT molecular complexity index is 177. The monoisotopic (exact) mass is 198 g/mol. The molecule has 2 heteroatoms. The Morgan fingerprint density at radius 3 is 2.50 bits per heavy atom. The lowest BCUT2D eigenvalue weighted by Crippen LogP contribution is -2.54. The van der Waals surface area contributed by atoms with E-state index >= 15 is 0 Å². The summed E-state index contributed by atoms with van der Waals surface area (Å²) in [6, 6.07) is 0.721. The molecule has 1 saturated heterocycles. The Morgan fingerprint density at radius 2 is 2.07 bits per heavy atom. The Balaban J connectivity index is 2.54.